The molecule has 0 fully saturated rings. The first kappa shape index (κ1) is 25.5. The summed E-state index contributed by atoms with van der Waals surface area (Å²) in [4.78, 5) is 14.6. The molecular formula is C24H24F4N2O3S. The van der Waals surface area contributed by atoms with Gasteiger partial charge in [0.25, 0.3) is 5.91 Å². The summed E-state index contributed by atoms with van der Waals surface area (Å²) in [6, 6.07) is 13.2. The average molecular weight is 497 g/mol. The molecule has 5 nitrogen and oxygen atoms in total. The van der Waals surface area contributed by atoms with E-state index < -0.39 is 33.4 Å². The van der Waals surface area contributed by atoms with Crippen LogP contribution < -0.4 is 0 Å². The van der Waals surface area contributed by atoms with Gasteiger partial charge in [-0.25, -0.2) is 12.8 Å². The number of carbonyl (C=O) groups excluding carboxylic acids is 1. The minimum atomic E-state index is -4.78. The second-order valence-electron chi connectivity index (χ2n) is 8.13. The summed E-state index contributed by atoms with van der Waals surface area (Å²) in [7, 11) is -2.07. The molecule has 1 amide bonds. The first-order valence-electron chi connectivity index (χ1n) is 10.3. The Morgan fingerprint density at radius 3 is 2.15 bits per heavy atom. The van der Waals surface area contributed by atoms with Gasteiger partial charge in [0.1, 0.15) is 27.0 Å². The van der Waals surface area contributed by atoms with Crippen molar-refractivity contribution in [2.24, 2.45) is 0 Å². The second kappa shape index (κ2) is 9.61. The van der Waals surface area contributed by atoms with Gasteiger partial charge in [-0.15, -0.1) is 0 Å². The Bertz CT molecular complexity index is 1280. The number of nitrogens with zero attached hydrogens (tertiary/aromatic N) is 2. The van der Waals surface area contributed by atoms with Crippen molar-refractivity contribution in [3.63, 3.8) is 0 Å². The monoisotopic (exact) mass is 496 g/mol. The van der Waals surface area contributed by atoms with Gasteiger partial charge in [-0.2, -0.15) is 13.2 Å². The predicted octanol–water partition coefficient (Wildman–Crippen LogP) is 4.79. The first-order valence-corrected chi connectivity index (χ1v) is 12.4. The van der Waals surface area contributed by atoms with Gasteiger partial charge in [0.05, 0.1) is 5.75 Å². The van der Waals surface area contributed by atoms with Crippen molar-refractivity contribution >= 4 is 15.7 Å². The Hall–Kier alpha value is -3.14. The van der Waals surface area contributed by atoms with E-state index in [1.165, 1.54) is 26.1 Å². The Kier molecular flexibility index (Phi) is 7.21. The van der Waals surface area contributed by atoms with Crippen LogP contribution in [-0.2, 0) is 22.6 Å². The second-order valence-corrected chi connectivity index (χ2v) is 10.4. The van der Waals surface area contributed by atoms with Crippen LogP contribution in [0.4, 0.5) is 17.6 Å². The zero-order valence-electron chi connectivity index (χ0n) is 18.9. The lowest BCUT2D eigenvalue weighted by Crippen LogP contribution is -2.33. The van der Waals surface area contributed by atoms with Crippen LogP contribution in [0.15, 0.2) is 54.6 Å². The lowest BCUT2D eigenvalue weighted by atomic mass is 10.00. The number of sulfone groups is 1. The molecule has 0 radical (unpaired) electrons. The number of hydrogen-bond donors (Lipinski definition) is 0. The molecule has 3 rings (SSSR count). The van der Waals surface area contributed by atoms with Gasteiger partial charge in [0.2, 0.25) is 0 Å². The maximum Gasteiger partial charge on any atom is 0.431 e. The quantitative estimate of drug-likeness (QED) is 0.442. The van der Waals surface area contributed by atoms with Crippen LogP contribution >= 0.6 is 0 Å². The Morgan fingerprint density at radius 2 is 1.62 bits per heavy atom. The number of benzene rings is 2. The van der Waals surface area contributed by atoms with E-state index in [4.69, 9.17) is 0 Å². The minimum Gasteiger partial charge on any atom is -0.339 e. The molecule has 0 aliphatic carbocycles. The van der Waals surface area contributed by atoms with Gasteiger partial charge in [0.15, 0.2) is 0 Å². The molecule has 0 N–H and O–H groups in total. The third kappa shape index (κ3) is 5.67. The molecule has 0 aliphatic rings. The summed E-state index contributed by atoms with van der Waals surface area (Å²) >= 11 is 0. The molecule has 0 bridgehead atoms. The fourth-order valence-corrected chi connectivity index (χ4v) is 4.42. The maximum atomic E-state index is 14.3. The lowest BCUT2D eigenvalue weighted by Gasteiger charge is -2.21. The molecule has 2 aromatic carbocycles. The van der Waals surface area contributed by atoms with Gasteiger partial charge in [-0.1, -0.05) is 42.5 Å². The summed E-state index contributed by atoms with van der Waals surface area (Å²) in [6.07, 6.45) is -3.77. The van der Waals surface area contributed by atoms with E-state index in [1.54, 1.807) is 30.3 Å². The molecule has 0 saturated carbocycles. The summed E-state index contributed by atoms with van der Waals surface area (Å²) in [5.41, 5.74) is -0.584. The minimum absolute atomic E-state index is 0.0273. The average Bonchev–Trinajstić information content (AvgIpc) is 3.04. The van der Waals surface area contributed by atoms with Gasteiger partial charge >= 0.3 is 6.18 Å². The normalized spacial score (nSPS) is 12.1. The number of alkyl halides is 3. The number of aromatic nitrogens is 1. The van der Waals surface area contributed by atoms with Gasteiger partial charge < -0.3 is 9.47 Å². The van der Waals surface area contributed by atoms with Crippen molar-refractivity contribution in [3.05, 3.63) is 82.9 Å². The van der Waals surface area contributed by atoms with Gasteiger partial charge in [0, 0.05) is 32.0 Å². The van der Waals surface area contributed by atoms with Crippen molar-refractivity contribution in [1.29, 1.82) is 0 Å². The van der Waals surface area contributed by atoms with E-state index in [1.807, 2.05) is 0 Å². The molecular weight excluding hydrogens is 472 g/mol. The summed E-state index contributed by atoms with van der Waals surface area (Å²) in [5.74, 6) is -1.68. The van der Waals surface area contributed by atoms with E-state index in [0.29, 0.717) is 5.56 Å². The van der Waals surface area contributed by atoms with Crippen molar-refractivity contribution in [1.82, 2.24) is 9.47 Å². The highest BCUT2D eigenvalue weighted by Crippen LogP contribution is 2.41. The Morgan fingerprint density at radius 1 is 1.03 bits per heavy atom. The molecule has 1 heterocycles. The maximum absolute atomic E-state index is 14.3. The third-order valence-electron chi connectivity index (χ3n) is 5.44. The first-order chi connectivity index (χ1) is 15.8. The molecule has 0 atom stereocenters. The highest BCUT2D eigenvalue weighted by atomic mass is 32.2. The van der Waals surface area contributed by atoms with Crippen LogP contribution in [-0.4, -0.2) is 49.4 Å². The van der Waals surface area contributed by atoms with E-state index in [9.17, 15) is 30.8 Å². The SMILES string of the molecule is Cc1c(-c2ccc(F)cc2)c(C(=O)N(C)CCS(C)(=O)=O)n(Cc2ccccc2)c1C(F)(F)F. The Labute approximate surface area is 195 Å². The zero-order chi connectivity index (χ0) is 25.3. The summed E-state index contributed by atoms with van der Waals surface area (Å²) < 4.78 is 80.4. The van der Waals surface area contributed by atoms with Gasteiger partial charge in [-0.3, -0.25) is 4.79 Å². The van der Waals surface area contributed by atoms with Crippen molar-refractivity contribution in [3.8, 4) is 11.1 Å². The van der Waals surface area contributed by atoms with Crippen molar-refractivity contribution < 1.29 is 30.8 Å². The van der Waals surface area contributed by atoms with E-state index in [0.717, 1.165) is 27.9 Å². The molecule has 34 heavy (non-hydrogen) atoms. The van der Waals surface area contributed by atoms with Crippen molar-refractivity contribution in [2.75, 3.05) is 25.6 Å². The van der Waals surface area contributed by atoms with E-state index in [-0.39, 0.29) is 41.2 Å². The van der Waals surface area contributed by atoms with Crippen LogP contribution in [0.2, 0.25) is 0 Å². The van der Waals surface area contributed by atoms with E-state index >= 15 is 0 Å². The third-order valence-corrected chi connectivity index (χ3v) is 6.36. The van der Waals surface area contributed by atoms with Crippen LogP contribution in [0, 0.1) is 12.7 Å². The Balaban J connectivity index is 2.27. The largest absolute Gasteiger partial charge is 0.431 e. The molecule has 0 unspecified atom stereocenters. The van der Waals surface area contributed by atoms with Crippen LogP contribution in [0.3, 0.4) is 0 Å². The van der Waals surface area contributed by atoms with Crippen LogP contribution in [0.25, 0.3) is 11.1 Å². The van der Waals surface area contributed by atoms with Crippen LogP contribution in [0.1, 0.15) is 27.3 Å². The van der Waals surface area contributed by atoms with Crippen LogP contribution in [0.5, 0.6) is 0 Å². The molecule has 1 aromatic heterocycles. The van der Waals surface area contributed by atoms with E-state index in [2.05, 4.69) is 0 Å². The summed E-state index contributed by atoms with van der Waals surface area (Å²) in [5, 5.41) is 0. The highest BCUT2D eigenvalue weighted by molar-refractivity contribution is 7.90. The molecule has 3 aromatic rings. The standard InChI is InChI=1S/C24H24F4N2O3S/c1-16-20(18-9-11-19(25)12-10-18)21(23(31)29(2)13-14-34(3,32)33)30(22(16)24(26,27)28)15-17-7-5-4-6-8-17/h4-12H,13-15H2,1-3H3. The number of hydrogen-bond acceptors (Lipinski definition) is 3. The summed E-state index contributed by atoms with van der Waals surface area (Å²) in [6.45, 7) is 0.840. The number of halogens is 4. The van der Waals surface area contributed by atoms with Gasteiger partial charge in [-0.05, 0) is 35.7 Å². The van der Waals surface area contributed by atoms with Crippen molar-refractivity contribution in [2.45, 2.75) is 19.6 Å². The lowest BCUT2D eigenvalue weighted by molar-refractivity contribution is -0.143. The molecule has 0 aliphatic heterocycles. The number of carbonyl (C=O) groups is 1. The fourth-order valence-electron chi connectivity index (χ4n) is 3.81. The molecule has 182 valence electrons. The topological polar surface area (TPSA) is 59.4 Å². The molecule has 10 heteroatoms. The number of amides is 1. The smallest absolute Gasteiger partial charge is 0.339 e. The number of rotatable bonds is 7. The zero-order valence-corrected chi connectivity index (χ0v) is 19.7. The predicted molar refractivity (Wildman–Crippen MR) is 122 cm³/mol. The fraction of sp³-hybridized carbons (Fsp3) is 0.292. The molecule has 0 spiro atoms. The molecule has 0 saturated heterocycles. The highest BCUT2D eigenvalue weighted by Gasteiger charge is 2.41.